The van der Waals surface area contributed by atoms with Gasteiger partial charge in [0.1, 0.15) is 0 Å². The van der Waals surface area contributed by atoms with E-state index in [-0.39, 0.29) is 11.9 Å². The molecule has 3 atom stereocenters. The monoisotopic (exact) mass is 385 g/mol. The summed E-state index contributed by atoms with van der Waals surface area (Å²) in [5.41, 5.74) is 1.12. The Morgan fingerprint density at radius 2 is 1.93 bits per heavy atom. The first-order valence-electron chi connectivity index (χ1n) is 10.5. The maximum absolute atomic E-state index is 12.8. The number of hydrogen-bond donors (Lipinski definition) is 1. The molecule has 5 heteroatoms. The number of benzene rings is 1. The molecular formula is C22H31N3OS. The highest BCUT2D eigenvalue weighted by molar-refractivity contribution is 7.18. The average molecular weight is 386 g/mol. The summed E-state index contributed by atoms with van der Waals surface area (Å²) in [6.45, 7) is 6.31. The molecule has 1 amide bonds. The Bertz CT molecular complexity index is 748. The van der Waals surface area contributed by atoms with E-state index < -0.39 is 0 Å². The van der Waals surface area contributed by atoms with Crippen molar-refractivity contribution < 1.29 is 4.79 Å². The van der Waals surface area contributed by atoms with Crippen LogP contribution in [0.1, 0.15) is 63.3 Å². The SMILES string of the molecule is CC1CCCCC1NC(=O)C(C)N1CCC(c2nc3ccccc3s2)CC1. The lowest BCUT2D eigenvalue weighted by Gasteiger charge is -2.36. The van der Waals surface area contributed by atoms with Gasteiger partial charge < -0.3 is 5.32 Å². The van der Waals surface area contributed by atoms with Gasteiger partial charge in [-0.3, -0.25) is 9.69 Å². The van der Waals surface area contributed by atoms with Crippen LogP contribution in [-0.4, -0.2) is 41.0 Å². The molecule has 2 heterocycles. The number of amides is 1. The highest BCUT2D eigenvalue weighted by Gasteiger charge is 2.31. The number of likely N-dealkylation sites (tertiary alicyclic amines) is 1. The van der Waals surface area contributed by atoms with Gasteiger partial charge in [-0.1, -0.05) is 31.9 Å². The second-order valence-corrected chi connectivity index (χ2v) is 9.45. The van der Waals surface area contributed by atoms with Gasteiger partial charge in [0.15, 0.2) is 0 Å². The summed E-state index contributed by atoms with van der Waals surface area (Å²) in [5, 5.41) is 4.60. The van der Waals surface area contributed by atoms with Gasteiger partial charge in [-0.25, -0.2) is 4.98 Å². The van der Waals surface area contributed by atoms with Crippen LogP contribution in [0.2, 0.25) is 0 Å². The molecule has 2 fully saturated rings. The van der Waals surface area contributed by atoms with E-state index >= 15 is 0 Å². The maximum atomic E-state index is 12.8. The van der Waals surface area contributed by atoms with Crippen molar-refractivity contribution in [1.82, 2.24) is 15.2 Å². The summed E-state index contributed by atoms with van der Waals surface area (Å²) >= 11 is 1.83. The lowest BCUT2D eigenvalue weighted by Crippen LogP contribution is -2.52. The lowest BCUT2D eigenvalue weighted by atomic mass is 9.86. The lowest BCUT2D eigenvalue weighted by molar-refractivity contribution is -0.127. The molecule has 1 N–H and O–H groups in total. The third-order valence-electron chi connectivity index (χ3n) is 6.56. The maximum Gasteiger partial charge on any atom is 0.237 e. The molecule has 0 bridgehead atoms. The first-order chi connectivity index (χ1) is 13.1. The Morgan fingerprint density at radius 3 is 2.67 bits per heavy atom. The average Bonchev–Trinajstić information content (AvgIpc) is 3.13. The first kappa shape index (κ1) is 18.9. The zero-order valence-corrected chi connectivity index (χ0v) is 17.3. The molecule has 1 aromatic carbocycles. The molecule has 1 saturated carbocycles. The Labute approximate surface area is 166 Å². The van der Waals surface area contributed by atoms with E-state index in [1.165, 1.54) is 29.0 Å². The number of aromatic nitrogens is 1. The van der Waals surface area contributed by atoms with Gasteiger partial charge in [0.2, 0.25) is 5.91 Å². The van der Waals surface area contributed by atoms with E-state index in [4.69, 9.17) is 4.98 Å². The molecule has 4 nitrogen and oxygen atoms in total. The standard InChI is InChI=1S/C22H31N3OS/c1-15-7-3-4-8-18(15)23-21(26)16(2)25-13-11-17(12-14-25)22-24-19-9-5-6-10-20(19)27-22/h5-6,9-10,15-18H,3-4,7-8,11-14H2,1-2H3,(H,23,26). The minimum absolute atomic E-state index is 0.0320. The van der Waals surface area contributed by atoms with Crippen molar-refractivity contribution in [2.75, 3.05) is 13.1 Å². The highest BCUT2D eigenvalue weighted by Crippen LogP contribution is 2.34. The van der Waals surface area contributed by atoms with E-state index in [1.54, 1.807) is 0 Å². The molecule has 3 unspecified atom stereocenters. The topological polar surface area (TPSA) is 45.2 Å². The first-order valence-corrected chi connectivity index (χ1v) is 11.3. The van der Waals surface area contributed by atoms with Crippen molar-refractivity contribution in [1.29, 1.82) is 0 Å². The number of para-hydroxylation sites is 1. The molecular weight excluding hydrogens is 354 g/mol. The molecule has 2 aliphatic rings. The fourth-order valence-electron chi connectivity index (χ4n) is 4.60. The highest BCUT2D eigenvalue weighted by atomic mass is 32.1. The zero-order chi connectivity index (χ0) is 18.8. The van der Waals surface area contributed by atoms with E-state index in [1.807, 2.05) is 11.3 Å². The van der Waals surface area contributed by atoms with E-state index in [9.17, 15) is 4.79 Å². The molecule has 4 rings (SSSR count). The van der Waals surface area contributed by atoms with Crippen LogP contribution in [0.4, 0.5) is 0 Å². The number of fused-ring (bicyclic) bond motifs is 1. The number of hydrogen-bond acceptors (Lipinski definition) is 4. The van der Waals surface area contributed by atoms with E-state index in [0.717, 1.165) is 37.9 Å². The van der Waals surface area contributed by atoms with Crippen LogP contribution >= 0.6 is 11.3 Å². The number of thiazole rings is 1. The number of carbonyl (C=O) groups is 1. The molecule has 0 spiro atoms. The Kier molecular flexibility index (Phi) is 5.79. The second-order valence-electron chi connectivity index (χ2n) is 8.38. The number of rotatable bonds is 4. The van der Waals surface area contributed by atoms with Gasteiger partial charge in [-0.15, -0.1) is 11.3 Å². The van der Waals surface area contributed by atoms with E-state index in [2.05, 4.69) is 48.3 Å². The molecule has 27 heavy (non-hydrogen) atoms. The number of nitrogens with zero attached hydrogens (tertiary/aromatic N) is 2. The van der Waals surface area contributed by atoms with E-state index in [0.29, 0.717) is 17.9 Å². The van der Waals surface area contributed by atoms with Crippen LogP contribution in [0.5, 0.6) is 0 Å². The Morgan fingerprint density at radius 1 is 1.19 bits per heavy atom. The van der Waals surface area contributed by atoms with Crippen LogP contribution < -0.4 is 5.32 Å². The molecule has 1 aliphatic heterocycles. The second kappa shape index (κ2) is 8.27. The number of piperidine rings is 1. The fourth-order valence-corrected chi connectivity index (χ4v) is 5.73. The number of nitrogens with one attached hydrogen (secondary N) is 1. The summed E-state index contributed by atoms with van der Waals surface area (Å²) in [5.74, 6) is 1.36. The van der Waals surface area contributed by atoms with Crippen LogP contribution in [-0.2, 0) is 4.79 Å². The Hall–Kier alpha value is -1.46. The third-order valence-corrected chi connectivity index (χ3v) is 7.75. The van der Waals surface area contributed by atoms with Gasteiger partial charge >= 0.3 is 0 Å². The summed E-state index contributed by atoms with van der Waals surface area (Å²) in [6, 6.07) is 8.74. The van der Waals surface area contributed by atoms with Crippen molar-refractivity contribution in [3.8, 4) is 0 Å². The minimum atomic E-state index is -0.0320. The van der Waals surface area contributed by atoms with Crippen molar-refractivity contribution in [2.24, 2.45) is 5.92 Å². The van der Waals surface area contributed by atoms with Gasteiger partial charge in [0.05, 0.1) is 21.3 Å². The van der Waals surface area contributed by atoms with Crippen molar-refractivity contribution in [3.63, 3.8) is 0 Å². The Balaban J connectivity index is 1.32. The van der Waals surface area contributed by atoms with Crippen LogP contribution in [0.15, 0.2) is 24.3 Å². The molecule has 1 aliphatic carbocycles. The largest absolute Gasteiger partial charge is 0.352 e. The third kappa shape index (κ3) is 4.19. The van der Waals surface area contributed by atoms with Crippen molar-refractivity contribution in [2.45, 2.75) is 70.4 Å². The van der Waals surface area contributed by atoms with Crippen LogP contribution in [0.3, 0.4) is 0 Å². The molecule has 1 saturated heterocycles. The molecule has 0 radical (unpaired) electrons. The van der Waals surface area contributed by atoms with Crippen molar-refractivity contribution >= 4 is 27.5 Å². The normalized spacial score (nSPS) is 26.1. The zero-order valence-electron chi connectivity index (χ0n) is 16.5. The van der Waals surface area contributed by atoms with Crippen molar-refractivity contribution in [3.05, 3.63) is 29.3 Å². The quantitative estimate of drug-likeness (QED) is 0.839. The van der Waals surface area contributed by atoms with Crippen LogP contribution in [0.25, 0.3) is 10.2 Å². The summed E-state index contributed by atoms with van der Waals surface area (Å²) in [4.78, 5) is 20.0. The predicted octanol–water partition coefficient (Wildman–Crippen LogP) is 4.56. The summed E-state index contributed by atoms with van der Waals surface area (Å²) < 4.78 is 1.28. The molecule has 1 aromatic heterocycles. The van der Waals surface area contributed by atoms with Gasteiger partial charge in [-0.05, 0) is 63.7 Å². The molecule has 2 aromatic rings. The van der Waals surface area contributed by atoms with Gasteiger partial charge in [-0.2, -0.15) is 0 Å². The molecule has 146 valence electrons. The summed E-state index contributed by atoms with van der Waals surface area (Å²) in [6.07, 6.45) is 7.13. The van der Waals surface area contributed by atoms with Crippen LogP contribution in [0, 0.1) is 5.92 Å². The minimum Gasteiger partial charge on any atom is -0.352 e. The summed E-state index contributed by atoms with van der Waals surface area (Å²) in [7, 11) is 0. The predicted molar refractivity (Wildman–Crippen MR) is 112 cm³/mol. The number of carbonyl (C=O) groups excluding carboxylic acids is 1. The van der Waals surface area contributed by atoms with Gasteiger partial charge in [0.25, 0.3) is 0 Å². The smallest absolute Gasteiger partial charge is 0.237 e. The van der Waals surface area contributed by atoms with Gasteiger partial charge in [0, 0.05) is 12.0 Å². The fraction of sp³-hybridized carbons (Fsp3) is 0.636.